The monoisotopic (exact) mass is 729 g/mol. The van der Waals surface area contributed by atoms with Gasteiger partial charge in [0, 0.05) is 21.5 Å². The fourth-order valence-corrected chi connectivity index (χ4v) is 7.94. The summed E-state index contributed by atoms with van der Waals surface area (Å²) in [7, 11) is 0. The molecule has 0 amide bonds. The van der Waals surface area contributed by atoms with Gasteiger partial charge in [-0.2, -0.15) is 0 Å². The normalized spacial score (nSPS) is 16.2. The van der Waals surface area contributed by atoms with Crippen LogP contribution in [0.1, 0.15) is 23.3 Å². The van der Waals surface area contributed by atoms with Crippen LogP contribution in [-0.4, -0.2) is 0 Å². The van der Waals surface area contributed by atoms with E-state index in [1.54, 1.807) is 18.2 Å². The van der Waals surface area contributed by atoms with Crippen LogP contribution in [0.4, 0.5) is 0 Å². The topological polar surface area (TPSA) is 26.3 Å². The molecule has 10 aromatic carbocycles. The van der Waals surface area contributed by atoms with Crippen LogP contribution in [0.3, 0.4) is 0 Å². The Hall–Kier alpha value is -7.42. The molecule has 0 aliphatic heterocycles. The fourth-order valence-electron chi connectivity index (χ4n) is 7.94. The van der Waals surface area contributed by atoms with Crippen LogP contribution in [0.15, 0.2) is 203 Å². The maximum atomic E-state index is 9.41. The largest absolute Gasteiger partial charge is 0.456 e. The van der Waals surface area contributed by atoms with Gasteiger partial charge in [0.05, 0.1) is 23.3 Å². The second-order valence-electron chi connectivity index (χ2n) is 13.5. The number of rotatable bonds is 4. The molecule has 2 heterocycles. The van der Waals surface area contributed by atoms with E-state index in [2.05, 4.69) is 0 Å². The fraction of sp³-hybridized carbons (Fsp3) is 0. The van der Waals surface area contributed by atoms with Gasteiger partial charge in [-0.1, -0.05) is 151 Å². The molecule has 260 valence electrons. The lowest BCUT2D eigenvalue weighted by atomic mass is 9.85. The molecule has 0 atom stereocenters. The summed E-state index contributed by atoms with van der Waals surface area (Å²) in [4.78, 5) is 0. The average Bonchev–Trinajstić information content (AvgIpc) is 3.97. The standard InChI is InChI=1S/C54H32O2/c1-2-10-33(11-3-1)34-18-20-35(21-19-34)51-41-12-4-6-14-43(41)52(44-15-7-5-13-42(44)51)40-25-24-36-30-37(22-23-38(36)31-40)39-26-27-46-50(32-39)56-49-29-28-48-53(54(46)49)45-16-8-9-17-47(45)55-48/h1-32H/i1D,2D,3D,4D,5D,6D,7D,10D,11D,12D,13D,14D,15D,18D,19D,20D,21D. The molecule has 0 unspecified atom stereocenters. The minimum Gasteiger partial charge on any atom is -0.456 e. The number of furan rings is 2. The molecular weight excluding hydrogens is 681 g/mol. The molecule has 0 saturated heterocycles. The van der Waals surface area contributed by atoms with Crippen molar-refractivity contribution in [1.29, 1.82) is 0 Å². The molecule has 2 aromatic heterocycles. The number of hydrogen-bond acceptors (Lipinski definition) is 2. The lowest BCUT2D eigenvalue weighted by Gasteiger charge is -2.18. The number of para-hydroxylation sites is 1. The summed E-state index contributed by atoms with van der Waals surface area (Å²) in [6, 6.07) is 15.8. The van der Waals surface area contributed by atoms with E-state index in [4.69, 9.17) is 21.2 Å². The number of fused-ring (bicyclic) bond motifs is 10. The lowest BCUT2D eigenvalue weighted by molar-refractivity contribution is 0.663. The highest BCUT2D eigenvalue weighted by atomic mass is 16.3. The molecule has 0 saturated carbocycles. The molecule has 0 spiro atoms. The molecule has 0 aliphatic carbocycles. The van der Waals surface area contributed by atoms with Crippen molar-refractivity contribution in [3.8, 4) is 44.5 Å². The van der Waals surface area contributed by atoms with Crippen LogP contribution in [0.25, 0.3) is 121 Å². The van der Waals surface area contributed by atoms with Crippen molar-refractivity contribution in [2.75, 3.05) is 0 Å². The summed E-state index contributed by atoms with van der Waals surface area (Å²) in [6.45, 7) is 0. The van der Waals surface area contributed by atoms with Crippen molar-refractivity contribution in [2.24, 2.45) is 0 Å². The summed E-state index contributed by atoms with van der Waals surface area (Å²) in [5.74, 6) is 0. The first-order chi connectivity index (χ1) is 34.8. The van der Waals surface area contributed by atoms with Crippen LogP contribution in [0.2, 0.25) is 0 Å². The zero-order chi connectivity index (χ0) is 51.5. The van der Waals surface area contributed by atoms with Crippen molar-refractivity contribution in [3.63, 3.8) is 0 Å². The number of benzene rings is 10. The zero-order valence-corrected chi connectivity index (χ0v) is 29.0. The van der Waals surface area contributed by atoms with Crippen LogP contribution in [-0.2, 0) is 0 Å². The molecule has 12 aromatic rings. The van der Waals surface area contributed by atoms with E-state index in [-0.39, 0.29) is 27.1 Å². The van der Waals surface area contributed by atoms with E-state index in [0.29, 0.717) is 22.1 Å². The zero-order valence-electron chi connectivity index (χ0n) is 46.0. The van der Waals surface area contributed by atoms with E-state index in [0.717, 1.165) is 49.2 Å². The van der Waals surface area contributed by atoms with Gasteiger partial charge in [0.15, 0.2) is 0 Å². The predicted molar refractivity (Wildman–Crippen MR) is 235 cm³/mol. The van der Waals surface area contributed by atoms with Gasteiger partial charge in [-0.15, -0.1) is 0 Å². The molecular formula is C54H32O2. The highest BCUT2D eigenvalue weighted by Gasteiger charge is 2.19. The molecule has 0 N–H and O–H groups in total. The quantitative estimate of drug-likeness (QED) is 0.169. The molecule has 0 fully saturated rings. The van der Waals surface area contributed by atoms with Crippen molar-refractivity contribution in [1.82, 2.24) is 0 Å². The third-order valence-corrected chi connectivity index (χ3v) is 10.4. The van der Waals surface area contributed by atoms with Crippen LogP contribution >= 0.6 is 0 Å². The minimum atomic E-state index is -0.864. The second-order valence-corrected chi connectivity index (χ2v) is 13.5. The maximum absolute atomic E-state index is 9.41. The van der Waals surface area contributed by atoms with Crippen molar-refractivity contribution >= 4 is 76.2 Å². The Bertz CT molecular complexity index is 4400. The molecule has 0 radical (unpaired) electrons. The van der Waals surface area contributed by atoms with E-state index < -0.39 is 125 Å². The third-order valence-electron chi connectivity index (χ3n) is 10.4. The van der Waals surface area contributed by atoms with Gasteiger partial charge in [-0.25, -0.2) is 0 Å². The summed E-state index contributed by atoms with van der Waals surface area (Å²) < 4.78 is 164. The molecule has 0 bridgehead atoms. The molecule has 0 aliphatic rings. The third kappa shape index (κ3) is 4.69. The van der Waals surface area contributed by atoms with Crippen molar-refractivity contribution < 1.29 is 32.1 Å². The van der Waals surface area contributed by atoms with E-state index >= 15 is 0 Å². The number of hydrogen-bond donors (Lipinski definition) is 0. The smallest absolute Gasteiger partial charge is 0.136 e. The SMILES string of the molecule is [2H]c1c([2H])c([2H])c(-c2c([2H])c([2H])c(-c3c4c([2H])c([2H])c([2H])c([2H])c4c(-c4ccc5cc(-c6ccc7c(c6)oc6ccc8oc9ccccc9c8c67)ccc5c4)c4c([2H])c([2H])c([2H])c([2H])c34)c([2H])c2[2H])c([2H])c1[2H]. The van der Waals surface area contributed by atoms with Crippen molar-refractivity contribution in [3.05, 3.63) is 194 Å². The highest BCUT2D eigenvalue weighted by Crippen LogP contribution is 2.45. The Morgan fingerprint density at radius 1 is 0.304 bits per heavy atom. The molecule has 2 heteroatoms. The van der Waals surface area contributed by atoms with E-state index in [1.165, 1.54) is 0 Å². The first-order valence-corrected chi connectivity index (χ1v) is 17.8. The van der Waals surface area contributed by atoms with Gasteiger partial charge in [-0.3, -0.25) is 0 Å². The molecule has 12 rings (SSSR count). The Morgan fingerprint density at radius 3 is 1.46 bits per heavy atom. The molecule has 56 heavy (non-hydrogen) atoms. The van der Waals surface area contributed by atoms with Crippen LogP contribution in [0.5, 0.6) is 0 Å². The van der Waals surface area contributed by atoms with Crippen molar-refractivity contribution in [2.45, 2.75) is 0 Å². The van der Waals surface area contributed by atoms with Crippen LogP contribution in [0, 0.1) is 0 Å². The first-order valence-electron chi connectivity index (χ1n) is 26.3. The summed E-state index contributed by atoms with van der Waals surface area (Å²) >= 11 is 0. The second kappa shape index (κ2) is 12.0. The highest BCUT2D eigenvalue weighted by molar-refractivity contribution is 6.26. The Kier molecular flexibility index (Phi) is 4.03. The van der Waals surface area contributed by atoms with Gasteiger partial charge in [-0.05, 0) is 119 Å². The average molecular weight is 730 g/mol. The van der Waals surface area contributed by atoms with E-state index in [1.807, 2.05) is 72.8 Å². The predicted octanol–water partition coefficient (Wildman–Crippen LogP) is 15.6. The van der Waals surface area contributed by atoms with Gasteiger partial charge in [0.2, 0.25) is 0 Å². The Balaban J connectivity index is 1.09. The Labute approximate surface area is 346 Å². The van der Waals surface area contributed by atoms with E-state index in [9.17, 15) is 11.0 Å². The van der Waals surface area contributed by atoms with Gasteiger partial charge in [0.25, 0.3) is 0 Å². The summed E-state index contributed by atoms with van der Waals surface area (Å²) in [5.41, 5.74) is 2.66. The summed E-state index contributed by atoms with van der Waals surface area (Å²) in [6.07, 6.45) is 0. The maximum Gasteiger partial charge on any atom is 0.136 e. The van der Waals surface area contributed by atoms with Gasteiger partial charge < -0.3 is 8.83 Å². The molecule has 2 nitrogen and oxygen atoms in total. The first kappa shape index (κ1) is 18.8. The van der Waals surface area contributed by atoms with Gasteiger partial charge in [0.1, 0.15) is 22.3 Å². The summed E-state index contributed by atoms with van der Waals surface area (Å²) in [5, 5.41) is 4.10. The minimum absolute atomic E-state index is 0.000391. The van der Waals surface area contributed by atoms with Crippen LogP contribution < -0.4 is 0 Å². The van der Waals surface area contributed by atoms with Gasteiger partial charge >= 0.3 is 0 Å². The Morgan fingerprint density at radius 2 is 0.786 bits per heavy atom. The lowest BCUT2D eigenvalue weighted by Crippen LogP contribution is -1.91.